The van der Waals surface area contributed by atoms with Crippen molar-refractivity contribution in [1.82, 2.24) is 14.5 Å². The molecule has 25 heavy (non-hydrogen) atoms. The van der Waals surface area contributed by atoms with Crippen molar-refractivity contribution in [3.63, 3.8) is 0 Å². The molecule has 2 N–H and O–H groups in total. The van der Waals surface area contributed by atoms with Crippen LogP contribution in [0.1, 0.15) is 18.5 Å². The monoisotopic (exact) mass is 335 g/mol. The fraction of sp³-hybridized carbons (Fsp3) is 0.111. The second-order valence-corrected chi connectivity index (χ2v) is 5.85. The number of fused-ring (bicyclic) bond motifs is 2. The number of benzene rings is 2. The molecule has 124 valence electrons. The van der Waals surface area contributed by atoms with E-state index in [2.05, 4.69) is 9.97 Å². The standard InChI is InChI=1S/C18H13N3O4/c1-9(10-5-3-2-4-6-10)21-17(24)11-12(18(21)25)16(23)14-13(15(11)22)19-7-8-20-14/h2-9,19-20H,1H3/t9-/m0/s1. The zero-order valence-electron chi connectivity index (χ0n) is 13.2. The Morgan fingerprint density at radius 3 is 1.76 bits per heavy atom. The van der Waals surface area contributed by atoms with Gasteiger partial charge in [0.15, 0.2) is 0 Å². The molecule has 2 heterocycles. The summed E-state index contributed by atoms with van der Waals surface area (Å²) in [4.78, 5) is 56.2. The first-order chi connectivity index (χ1) is 12.0. The second-order valence-electron chi connectivity index (χ2n) is 5.85. The van der Waals surface area contributed by atoms with E-state index in [1.54, 1.807) is 31.2 Å². The highest BCUT2D eigenvalue weighted by atomic mass is 16.2. The van der Waals surface area contributed by atoms with Gasteiger partial charge in [0.2, 0.25) is 10.9 Å². The van der Waals surface area contributed by atoms with Crippen LogP contribution in [0.3, 0.4) is 0 Å². The number of nitrogens with one attached hydrogen (secondary N) is 2. The van der Waals surface area contributed by atoms with Crippen LogP contribution in [0.2, 0.25) is 0 Å². The Morgan fingerprint density at radius 1 is 0.800 bits per heavy atom. The van der Waals surface area contributed by atoms with Crippen LogP contribution >= 0.6 is 0 Å². The van der Waals surface area contributed by atoms with Crippen molar-refractivity contribution in [2.75, 3.05) is 0 Å². The molecule has 1 atom stereocenters. The van der Waals surface area contributed by atoms with E-state index in [1.165, 1.54) is 12.4 Å². The van der Waals surface area contributed by atoms with Gasteiger partial charge in [0.05, 0.1) is 6.04 Å². The summed E-state index contributed by atoms with van der Waals surface area (Å²) >= 11 is 0. The van der Waals surface area contributed by atoms with Crippen molar-refractivity contribution in [1.29, 1.82) is 0 Å². The number of hydrogen-bond acceptors (Lipinski definition) is 4. The molecule has 4 aromatic rings. The lowest BCUT2D eigenvalue weighted by Crippen LogP contribution is -2.30. The van der Waals surface area contributed by atoms with Crippen molar-refractivity contribution >= 4 is 21.8 Å². The molecule has 0 amide bonds. The van der Waals surface area contributed by atoms with Gasteiger partial charge in [-0.15, -0.1) is 0 Å². The summed E-state index contributed by atoms with van der Waals surface area (Å²) < 4.78 is 0.974. The van der Waals surface area contributed by atoms with Gasteiger partial charge in [0.1, 0.15) is 21.8 Å². The minimum Gasteiger partial charge on any atom is -0.355 e. The molecule has 2 aromatic heterocycles. The van der Waals surface area contributed by atoms with Crippen LogP contribution in [-0.2, 0) is 0 Å². The number of rotatable bonds is 2. The zero-order chi connectivity index (χ0) is 17.7. The van der Waals surface area contributed by atoms with Crippen LogP contribution in [-0.4, -0.2) is 14.5 Å². The Hall–Kier alpha value is -3.48. The third kappa shape index (κ3) is 1.99. The van der Waals surface area contributed by atoms with Gasteiger partial charge >= 0.3 is 0 Å². The number of nitrogens with zero attached hydrogens (tertiary/aromatic N) is 1. The highest BCUT2D eigenvalue weighted by Gasteiger charge is 2.25. The first kappa shape index (κ1) is 15.1. The topological polar surface area (TPSA) is 105 Å². The van der Waals surface area contributed by atoms with Crippen LogP contribution in [0.5, 0.6) is 0 Å². The molecule has 0 saturated heterocycles. The van der Waals surface area contributed by atoms with E-state index in [9.17, 15) is 19.2 Å². The maximum absolute atomic E-state index is 12.8. The summed E-state index contributed by atoms with van der Waals surface area (Å²) in [5.74, 6) is 0. The molecule has 4 rings (SSSR count). The largest absolute Gasteiger partial charge is 0.355 e. The van der Waals surface area contributed by atoms with Gasteiger partial charge in [-0.3, -0.25) is 23.7 Å². The molecule has 0 fully saturated rings. The fourth-order valence-corrected chi connectivity index (χ4v) is 3.20. The van der Waals surface area contributed by atoms with Crippen LogP contribution in [0, 0.1) is 0 Å². The first-order valence-corrected chi connectivity index (χ1v) is 7.71. The van der Waals surface area contributed by atoms with E-state index in [0.717, 1.165) is 10.1 Å². The number of aromatic nitrogens is 3. The maximum Gasteiger partial charge on any atom is 0.266 e. The van der Waals surface area contributed by atoms with Crippen molar-refractivity contribution in [3.05, 3.63) is 89.4 Å². The van der Waals surface area contributed by atoms with Crippen molar-refractivity contribution in [3.8, 4) is 0 Å². The van der Waals surface area contributed by atoms with E-state index in [4.69, 9.17) is 0 Å². The average molecular weight is 335 g/mol. The lowest BCUT2D eigenvalue weighted by atomic mass is 10.1. The smallest absolute Gasteiger partial charge is 0.266 e. The van der Waals surface area contributed by atoms with Gasteiger partial charge in [0, 0.05) is 12.4 Å². The Labute approximate surface area is 139 Å². The van der Waals surface area contributed by atoms with Gasteiger partial charge in [-0.05, 0) is 12.5 Å². The molecule has 0 spiro atoms. The Morgan fingerprint density at radius 2 is 1.28 bits per heavy atom. The lowest BCUT2D eigenvalue weighted by Gasteiger charge is -2.11. The molecule has 0 saturated carbocycles. The molecule has 2 aromatic carbocycles. The highest BCUT2D eigenvalue weighted by Crippen LogP contribution is 2.15. The predicted octanol–water partition coefficient (Wildman–Crippen LogP) is 0.939. The third-order valence-electron chi connectivity index (χ3n) is 4.48. The second kappa shape index (κ2) is 5.27. The van der Waals surface area contributed by atoms with Crippen molar-refractivity contribution in [2.45, 2.75) is 13.0 Å². The van der Waals surface area contributed by atoms with Crippen molar-refractivity contribution in [2.24, 2.45) is 0 Å². The lowest BCUT2D eigenvalue weighted by molar-refractivity contribution is 0.610. The Balaban J connectivity index is 2.18. The molecule has 0 unspecified atom stereocenters. The summed E-state index contributed by atoms with van der Waals surface area (Å²) in [7, 11) is 0. The third-order valence-corrected chi connectivity index (χ3v) is 4.48. The molecule has 0 aliphatic rings. The van der Waals surface area contributed by atoms with Gasteiger partial charge in [-0.1, -0.05) is 30.3 Å². The molecule has 0 bridgehead atoms. The normalized spacial score (nSPS) is 12.7. The van der Waals surface area contributed by atoms with E-state index < -0.39 is 28.0 Å². The van der Waals surface area contributed by atoms with Crippen LogP contribution in [0.4, 0.5) is 0 Å². The van der Waals surface area contributed by atoms with Crippen LogP contribution in [0.15, 0.2) is 61.9 Å². The summed E-state index contributed by atoms with van der Waals surface area (Å²) in [5, 5.41) is -0.720. The molecular formula is C18H13N3O4. The quantitative estimate of drug-likeness (QED) is 0.569. The van der Waals surface area contributed by atoms with E-state index in [-0.39, 0.29) is 21.8 Å². The molecule has 0 aliphatic heterocycles. The maximum atomic E-state index is 12.8. The van der Waals surface area contributed by atoms with E-state index >= 15 is 0 Å². The van der Waals surface area contributed by atoms with Gasteiger partial charge in [0.25, 0.3) is 11.1 Å². The SMILES string of the molecule is C[C@@H](c1ccccc1)n1c(=O)c2c(=O)c3[nH]cc[nH]c3c(=O)c2c1=O. The molecule has 7 nitrogen and oxygen atoms in total. The van der Waals surface area contributed by atoms with Gasteiger partial charge in [-0.2, -0.15) is 0 Å². The van der Waals surface area contributed by atoms with Crippen molar-refractivity contribution < 1.29 is 0 Å². The highest BCUT2D eigenvalue weighted by molar-refractivity contribution is 5.94. The number of H-pyrrole nitrogens is 2. The van der Waals surface area contributed by atoms with E-state index in [0.29, 0.717) is 0 Å². The van der Waals surface area contributed by atoms with Crippen LogP contribution < -0.4 is 22.0 Å². The summed E-state index contributed by atoms with van der Waals surface area (Å²) in [6.45, 7) is 1.68. The summed E-state index contributed by atoms with van der Waals surface area (Å²) in [5.41, 5.74) is -2.07. The first-order valence-electron chi connectivity index (χ1n) is 7.71. The Kier molecular flexibility index (Phi) is 3.18. The van der Waals surface area contributed by atoms with Gasteiger partial charge in [-0.25, -0.2) is 0 Å². The predicted molar refractivity (Wildman–Crippen MR) is 94.7 cm³/mol. The summed E-state index contributed by atoms with van der Waals surface area (Å²) in [6, 6.07) is 8.37. The van der Waals surface area contributed by atoms with Gasteiger partial charge < -0.3 is 9.97 Å². The molecule has 0 aliphatic carbocycles. The molecule has 7 heteroatoms. The minimum absolute atomic E-state index is 0.0124. The summed E-state index contributed by atoms with van der Waals surface area (Å²) in [6.07, 6.45) is 2.89. The van der Waals surface area contributed by atoms with E-state index in [1.807, 2.05) is 6.07 Å². The number of aromatic amines is 2. The number of hydrogen-bond donors (Lipinski definition) is 2. The Bertz CT molecular complexity index is 1250. The van der Waals surface area contributed by atoms with Crippen LogP contribution in [0.25, 0.3) is 21.8 Å². The molecular weight excluding hydrogens is 322 g/mol. The molecule has 0 radical (unpaired) electrons. The zero-order valence-corrected chi connectivity index (χ0v) is 13.2. The minimum atomic E-state index is -0.738. The average Bonchev–Trinajstić information content (AvgIpc) is 2.91. The fourth-order valence-electron chi connectivity index (χ4n) is 3.20.